The third kappa shape index (κ3) is 4.49. The fraction of sp³-hybridized carbons (Fsp3) is 0. The average molecular weight is 647 g/mol. The van der Waals surface area contributed by atoms with Gasteiger partial charge in [-0.3, -0.25) is 0 Å². The summed E-state index contributed by atoms with van der Waals surface area (Å²) >= 11 is 0. The lowest BCUT2D eigenvalue weighted by atomic mass is 9.91. The molecular formula is C50H30O. The van der Waals surface area contributed by atoms with Gasteiger partial charge in [0.2, 0.25) is 0 Å². The largest absolute Gasteiger partial charge is 0.456 e. The van der Waals surface area contributed by atoms with Crippen LogP contribution in [0.3, 0.4) is 0 Å². The van der Waals surface area contributed by atoms with E-state index in [0.717, 1.165) is 33.1 Å². The molecule has 0 N–H and O–H groups in total. The third-order valence-electron chi connectivity index (χ3n) is 10.8. The highest BCUT2D eigenvalue weighted by molar-refractivity contribution is 6.25. The van der Waals surface area contributed by atoms with Crippen molar-refractivity contribution in [2.45, 2.75) is 0 Å². The topological polar surface area (TPSA) is 13.1 Å². The van der Waals surface area contributed by atoms with Gasteiger partial charge in [-0.2, -0.15) is 0 Å². The Bertz CT molecular complexity index is 3160. The van der Waals surface area contributed by atoms with Gasteiger partial charge in [-0.25, -0.2) is 0 Å². The lowest BCUT2D eigenvalue weighted by Crippen LogP contribution is -1.85. The number of furan rings is 1. The molecule has 11 aromatic rings. The summed E-state index contributed by atoms with van der Waals surface area (Å²) < 4.78 is 6.52. The van der Waals surface area contributed by atoms with Crippen molar-refractivity contribution in [3.05, 3.63) is 182 Å². The highest BCUT2D eigenvalue weighted by Crippen LogP contribution is 2.39. The smallest absolute Gasteiger partial charge is 0.136 e. The van der Waals surface area contributed by atoms with Crippen LogP contribution in [0.2, 0.25) is 0 Å². The first kappa shape index (κ1) is 28.2. The third-order valence-corrected chi connectivity index (χ3v) is 10.8. The van der Waals surface area contributed by atoms with Gasteiger partial charge in [-0.15, -0.1) is 0 Å². The zero-order valence-electron chi connectivity index (χ0n) is 27.7. The van der Waals surface area contributed by atoms with Crippen molar-refractivity contribution in [3.8, 4) is 33.4 Å². The van der Waals surface area contributed by atoms with Gasteiger partial charge in [0.1, 0.15) is 11.2 Å². The number of benzene rings is 10. The molecule has 0 aliphatic carbocycles. The molecule has 1 nitrogen and oxygen atoms in total. The summed E-state index contributed by atoms with van der Waals surface area (Å²) in [7, 11) is 0. The molecule has 1 aromatic heterocycles. The van der Waals surface area contributed by atoms with Gasteiger partial charge in [-0.1, -0.05) is 133 Å². The summed E-state index contributed by atoms with van der Waals surface area (Å²) in [5.41, 5.74) is 8.93. The van der Waals surface area contributed by atoms with E-state index in [2.05, 4.69) is 182 Å². The molecule has 0 bridgehead atoms. The predicted molar refractivity (Wildman–Crippen MR) is 218 cm³/mol. The maximum atomic E-state index is 6.52. The zero-order chi connectivity index (χ0) is 33.5. The molecule has 0 atom stereocenters. The van der Waals surface area contributed by atoms with Gasteiger partial charge in [-0.05, 0) is 136 Å². The van der Waals surface area contributed by atoms with E-state index in [9.17, 15) is 0 Å². The van der Waals surface area contributed by atoms with E-state index < -0.39 is 0 Å². The molecule has 0 saturated carbocycles. The van der Waals surface area contributed by atoms with Crippen molar-refractivity contribution in [1.82, 2.24) is 0 Å². The van der Waals surface area contributed by atoms with Crippen LogP contribution in [0.15, 0.2) is 186 Å². The van der Waals surface area contributed by atoms with Crippen LogP contribution in [0.1, 0.15) is 0 Å². The van der Waals surface area contributed by atoms with E-state index in [1.165, 1.54) is 76.1 Å². The first-order valence-corrected chi connectivity index (χ1v) is 17.6. The van der Waals surface area contributed by atoms with Gasteiger partial charge < -0.3 is 4.42 Å². The maximum absolute atomic E-state index is 6.52. The normalized spacial score (nSPS) is 11.9. The molecule has 10 aromatic carbocycles. The monoisotopic (exact) mass is 646 g/mol. The number of hydrogen-bond donors (Lipinski definition) is 0. The summed E-state index contributed by atoms with van der Waals surface area (Å²) in [5.74, 6) is 0. The number of hydrogen-bond acceptors (Lipinski definition) is 1. The van der Waals surface area contributed by atoms with E-state index in [0.29, 0.717) is 0 Å². The van der Waals surface area contributed by atoms with Gasteiger partial charge in [0, 0.05) is 10.8 Å². The quantitative estimate of drug-likeness (QED) is 0.174. The van der Waals surface area contributed by atoms with Crippen LogP contribution in [0.25, 0.3) is 109 Å². The Labute approximate surface area is 294 Å². The Morgan fingerprint density at radius 3 is 1.12 bits per heavy atom. The first-order valence-electron chi connectivity index (χ1n) is 17.6. The second-order valence-corrected chi connectivity index (χ2v) is 13.7. The molecule has 0 aliphatic heterocycles. The number of rotatable bonds is 3. The zero-order valence-corrected chi connectivity index (χ0v) is 27.7. The molecule has 1 heteroatoms. The Hall–Kier alpha value is -6.70. The van der Waals surface area contributed by atoms with Crippen LogP contribution in [0.5, 0.6) is 0 Å². The molecule has 11 rings (SSSR count). The Balaban J connectivity index is 0.978. The van der Waals surface area contributed by atoms with E-state index in [1.54, 1.807) is 0 Å². The summed E-state index contributed by atoms with van der Waals surface area (Å²) in [6, 6.07) is 66.4. The Morgan fingerprint density at radius 1 is 0.216 bits per heavy atom. The highest BCUT2D eigenvalue weighted by Gasteiger charge is 2.13. The minimum atomic E-state index is 0.905. The van der Waals surface area contributed by atoms with Crippen LogP contribution in [-0.4, -0.2) is 0 Å². The van der Waals surface area contributed by atoms with Gasteiger partial charge >= 0.3 is 0 Å². The van der Waals surface area contributed by atoms with E-state index in [-0.39, 0.29) is 0 Å². The molecule has 51 heavy (non-hydrogen) atoms. The van der Waals surface area contributed by atoms with Crippen LogP contribution < -0.4 is 0 Å². The second kappa shape index (κ2) is 10.9. The lowest BCUT2D eigenvalue weighted by Gasteiger charge is -2.12. The first-order chi connectivity index (χ1) is 25.2. The minimum Gasteiger partial charge on any atom is -0.456 e. The summed E-state index contributed by atoms with van der Waals surface area (Å²) in [6.07, 6.45) is 0. The summed E-state index contributed by atoms with van der Waals surface area (Å²) in [4.78, 5) is 0. The number of fused-ring (bicyclic) bond motifs is 11. The fourth-order valence-corrected chi connectivity index (χ4v) is 8.20. The average Bonchev–Trinajstić information content (AvgIpc) is 3.57. The molecule has 0 aliphatic rings. The van der Waals surface area contributed by atoms with E-state index >= 15 is 0 Å². The van der Waals surface area contributed by atoms with Crippen LogP contribution in [0, 0.1) is 0 Å². The fourth-order valence-electron chi connectivity index (χ4n) is 8.20. The standard InChI is InChI=1S/C50H30O/c1-2-8-33-25-34(16-13-31(33)7-1)38-20-23-46-47-24-21-39(30-50(47)51-49(46)29-38)36-18-15-32-14-17-35(26-40(32)27-36)37-19-22-45-43-11-4-3-9-41(43)42-10-5-6-12-44(42)48(45)28-37/h1-30H. The van der Waals surface area contributed by atoms with Crippen molar-refractivity contribution in [1.29, 1.82) is 0 Å². The van der Waals surface area contributed by atoms with E-state index in [4.69, 9.17) is 4.42 Å². The van der Waals surface area contributed by atoms with Crippen molar-refractivity contribution in [2.75, 3.05) is 0 Å². The summed E-state index contributed by atoms with van der Waals surface area (Å²) in [6.45, 7) is 0. The van der Waals surface area contributed by atoms with Gasteiger partial charge in [0.05, 0.1) is 0 Å². The van der Waals surface area contributed by atoms with Crippen molar-refractivity contribution < 1.29 is 4.42 Å². The lowest BCUT2D eigenvalue weighted by molar-refractivity contribution is 0.669. The van der Waals surface area contributed by atoms with Crippen molar-refractivity contribution in [3.63, 3.8) is 0 Å². The molecule has 0 unspecified atom stereocenters. The molecule has 0 radical (unpaired) electrons. The molecule has 236 valence electrons. The van der Waals surface area contributed by atoms with Crippen LogP contribution >= 0.6 is 0 Å². The SMILES string of the molecule is c1ccc2cc(-c3ccc4c(c3)oc3cc(-c5ccc6ccc(-c7ccc8c9ccccc9c9ccccc9c8c7)cc6c5)ccc34)ccc2c1. The minimum absolute atomic E-state index is 0.905. The van der Waals surface area contributed by atoms with Gasteiger partial charge in [0.15, 0.2) is 0 Å². The summed E-state index contributed by atoms with van der Waals surface area (Å²) in [5, 5.41) is 15.0. The van der Waals surface area contributed by atoms with Gasteiger partial charge in [0.25, 0.3) is 0 Å². The van der Waals surface area contributed by atoms with Crippen LogP contribution in [-0.2, 0) is 0 Å². The molecule has 1 heterocycles. The predicted octanol–water partition coefficient (Wildman–Crippen LogP) is 14.4. The maximum Gasteiger partial charge on any atom is 0.136 e. The van der Waals surface area contributed by atoms with Crippen LogP contribution in [0.4, 0.5) is 0 Å². The van der Waals surface area contributed by atoms with Crippen molar-refractivity contribution >= 4 is 75.8 Å². The molecule has 0 amide bonds. The Morgan fingerprint density at radius 2 is 0.569 bits per heavy atom. The Kier molecular flexibility index (Phi) is 6.02. The molecular weight excluding hydrogens is 617 g/mol. The molecule has 0 fully saturated rings. The van der Waals surface area contributed by atoms with Crippen molar-refractivity contribution in [2.24, 2.45) is 0 Å². The molecule has 0 saturated heterocycles. The molecule has 0 spiro atoms. The highest BCUT2D eigenvalue weighted by atomic mass is 16.3. The second-order valence-electron chi connectivity index (χ2n) is 13.7. The van der Waals surface area contributed by atoms with E-state index in [1.807, 2.05) is 0 Å².